The molecule has 0 amide bonds. The van der Waals surface area contributed by atoms with Crippen molar-refractivity contribution >= 4 is 11.9 Å². The van der Waals surface area contributed by atoms with E-state index in [0.717, 1.165) is 57.4 Å². The zero-order valence-corrected chi connectivity index (χ0v) is 27.8. The van der Waals surface area contributed by atoms with E-state index < -0.39 is 11.9 Å². The lowest BCUT2D eigenvalue weighted by Crippen LogP contribution is -1.93. The number of carbonyl (C=O) groups is 2. The summed E-state index contributed by atoms with van der Waals surface area (Å²) in [5.74, 6) is -1.62. The molecule has 0 atom stereocenters. The van der Waals surface area contributed by atoms with E-state index in [9.17, 15) is 9.59 Å². The number of carboxylic acid groups (broad SMARTS) is 2. The van der Waals surface area contributed by atoms with E-state index >= 15 is 0 Å². The fourth-order valence-electron chi connectivity index (χ4n) is 3.85. The van der Waals surface area contributed by atoms with E-state index in [1.54, 1.807) is 12.2 Å². The van der Waals surface area contributed by atoms with Gasteiger partial charge in [-0.2, -0.15) is 0 Å². The molecular formula is C40H62O4. The number of hydrogen-bond acceptors (Lipinski definition) is 2. The van der Waals surface area contributed by atoms with Crippen LogP contribution in [0, 0.1) is 0 Å². The van der Waals surface area contributed by atoms with Crippen LogP contribution in [0.1, 0.15) is 129 Å². The molecule has 0 aliphatic heterocycles. The van der Waals surface area contributed by atoms with Gasteiger partial charge in [0.1, 0.15) is 0 Å². The molecule has 0 aliphatic carbocycles. The molecule has 0 fully saturated rings. The molecule has 44 heavy (non-hydrogen) atoms. The molecule has 0 aromatic heterocycles. The number of unbranched alkanes of at least 4 members (excludes halogenated alkanes) is 11. The minimum absolute atomic E-state index is 0.300. The van der Waals surface area contributed by atoms with Gasteiger partial charge < -0.3 is 10.2 Å². The zero-order valence-electron chi connectivity index (χ0n) is 27.8. The maximum atomic E-state index is 10.3. The first-order valence-corrected chi connectivity index (χ1v) is 16.9. The molecule has 2 N–H and O–H groups in total. The molecule has 246 valence electrons. The van der Waals surface area contributed by atoms with Crippen LogP contribution in [0.5, 0.6) is 0 Å². The van der Waals surface area contributed by atoms with Crippen LogP contribution in [0.15, 0.2) is 109 Å². The van der Waals surface area contributed by atoms with Crippen LogP contribution in [-0.2, 0) is 9.59 Å². The molecule has 0 unspecified atom stereocenters. The Bertz CT molecular complexity index is 910. The first-order valence-electron chi connectivity index (χ1n) is 16.9. The number of carboxylic acids is 2. The van der Waals surface area contributed by atoms with Gasteiger partial charge in [-0.25, -0.2) is 4.79 Å². The third-order valence-electron chi connectivity index (χ3n) is 6.33. The lowest BCUT2D eigenvalue weighted by atomic mass is 10.1. The van der Waals surface area contributed by atoms with Crippen molar-refractivity contribution in [2.75, 3.05) is 0 Å². The maximum Gasteiger partial charge on any atom is 0.328 e. The van der Waals surface area contributed by atoms with Crippen molar-refractivity contribution in [1.29, 1.82) is 0 Å². The summed E-state index contributed by atoms with van der Waals surface area (Å²) >= 11 is 0. The summed E-state index contributed by atoms with van der Waals surface area (Å²) < 4.78 is 0. The summed E-state index contributed by atoms with van der Waals surface area (Å²) in [6.45, 7) is 4.44. The maximum absolute atomic E-state index is 10.3. The number of allylic oxidation sites excluding steroid dienone is 17. The van der Waals surface area contributed by atoms with Crippen LogP contribution in [-0.4, -0.2) is 22.2 Å². The van der Waals surface area contributed by atoms with Crippen LogP contribution >= 0.6 is 0 Å². The van der Waals surface area contributed by atoms with Crippen molar-refractivity contribution in [2.24, 2.45) is 0 Å². The predicted octanol–water partition coefficient (Wildman–Crippen LogP) is 12.2. The van der Waals surface area contributed by atoms with Crippen LogP contribution in [0.25, 0.3) is 0 Å². The van der Waals surface area contributed by atoms with Gasteiger partial charge in [0.15, 0.2) is 0 Å². The zero-order chi connectivity index (χ0) is 32.6. The molecule has 0 aromatic carbocycles. The van der Waals surface area contributed by atoms with Gasteiger partial charge in [-0.05, 0) is 57.8 Å². The Balaban J connectivity index is 0. The van der Waals surface area contributed by atoms with Gasteiger partial charge in [-0.15, -0.1) is 0 Å². The molecule has 0 radical (unpaired) electrons. The van der Waals surface area contributed by atoms with E-state index in [1.165, 1.54) is 63.9 Å². The van der Waals surface area contributed by atoms with E-state index in [4.69, 9.17) is 10.2 Å². The summed E-state index contributed by atoms with van der Waals surface area (Å²) in [5.41, 5.74) is 0. The number of rotatable bonds is 27. The van der Waals surface area contributed by atoms with Gasteiger partial charge in [-0.1, -0.05) is 169 Å². The van der Waals surface area contributed by atoms with E-state index in [-0.39, 0.29) is 0 Å². The highest BCUT2D eigenvalue weighted by Gasteiger charge is 1.94. The van der Waals surface area contributed by atoms with Gasteiger partial charge in [0.25, 0.3) is 0 Å². The molecule has 0 spiro atoms. The largest absolute Gasteiger partial charge is 0.481 e. The van der Waals surface area contributed by atoms with Crippen LogP contribution in [0.4, 0.5) is 0 Å². The van der Waals surface area contributed by atoms with Crippen molar-refractivity contribution in [3.63, 3.8) is 0 Å². The fourth-order valence-corrected chi connectivity index (χ4v) is 3.85. The van der Waals surface area contributed by atoms with Crippen molar-refractivity contribution in [3.05, 3.63) is 109 Å². The lowest BCUT2D eigenvalue weighted by Gasteiger charge is -1.98. The summed E-state index contributed by atoms with van der Waals surface area (Å²) in [7, 11) is 0. The smallest absolute Gasteiger partial charge is 0.328 e. The van der Waals surface area contributed by atoms with Crippen molar-refractivity contribution in [1.82, 2.24) is 0 Å². The quantitative estimate of drug-likeness (QED) is 0.0422. The van der Waals surface area contributed by atoms with Gasteiger partial charge >= 0.3 is 11.9 Å². The van der Waals surface area contributed by atoms with Crippen molar-refractivity contribution < 1.29 is 19.8 Å². The molecule has 0 saturated heterocycles. The minimum atomic E-state index is -0.931. The van der Waals surface area contributed by atoms with Crippen LogP contribution < -0.4 is 0 Å². The highest BCUT2D eigenvalue weighted by Crippen LogP contribution is 2.08. The fraction of sp³-hybridized carbons (Fsp3) is 0.500. The van der Waals surface area contributed by atoms with Gasteiger partial charge in [0.05, 0.1) is 0 Å². The second-order valence-corrected chi connectivity index (χ2v) is 10.6. The molecule has 0 rings (SSSR count). The Kier molecular flexibility index (Phi) is 38.5. The molecule has 0 aromatic rings. The Morgan fingerprint density at radius 2 is 0.864 bits per heavy atom. The topological polar surface area (TPSA) is 74.6 Å². The standard InChI is InChI=1S/C20H32O2.C20H30O2/c2*1-2-3-4-5-6-7-8-9-10-11-12-13-14-15-16-17-18-19-20(21)22/h4-5,7-8,10-11,13-14H,2-3,6,9,12,15-19H2,1H3,(H,21,22);10-19H,2-9H2,1H3,(H,21,22)/b5-4?,8-7?,11-10?,14-13-;. The Hall–Kier alpha value is -3.40. The number of hydrogen-bond donors (Lipinski definition) is 2. The average molecular weight is 607 g/mol. The average Bonchev–Trinajstić information content (AvgIpc) is 3.00. The molecular weight excluding hydrogens is 544 g/mol. The summed E-state index contributed by atoms with van der Waals surface area (Å²) in [4.78, 5) is 20.5. The first-order chi connectivity index (χ1) is 21.5. The molecule has 0 heterocycles. The highest BCUT2D eigenvalue weighted by atomic mass is 16.4. The summed E-state index contributed by atoms with van der Waals surface area (Å²) in [5, 5.41) is 16.9. The highest BCUT2D eigenvalue weighted by molar-refractivity contribution is 5.80. The predicted molar refractivity (Wildman–Crippen MR) is 192 cm³/mol. The van der Waals surface area contributed by atoms with Gasteiger partial charge in [0, 0.05) is 12.5 Å². The minimum Gasteiger partial charge on any atom is -0.481 e. The van der Waals surface area contributed by atoms with Gasteiger partial charge in [0.2, 0.25) is 0 Å². The normalized spacial score (nSPS) is 12.6. The lowest BCUT2D eigenvalue weighted by molar-refractivity contribution is -0.137. The Morgan fingerprint density at radius 1 is 0.432 bits per heavy atom. The molecule has 0 bridgehead atoms. The monoisotopic (exact) mass is 606 g/mol. The Labute approximate surface area is 270 Å². The summed E-state index contributed by atoms with van der Waals surface area (Å²) in [6.07, 6.45) is 56.1. The molecule has 0 saturated carbocycles. The third-order valence-corrected chi connectivity index (χ3v) is 6.33. The second-order valence-electron chi connectivity index (χ2n) is 10.6. The van der Waals surface area contributed by atoms with Crippen LogP contribution in [0.3, 0.4) is 0 Å². The van der Waals surface area contributed by atoms with Crippen LogP contribution in [0.2, 0.25) is 0 Å². The number of aliphatic carboxylic acids is 2. The van der Waals surface area contributed by atoms with Gasteiger partial charge in [-0.3, -0.25) is 4.79 Å². The first kappa shape index (κ1) is 42.7. The Morgan fingerprint density at radius 3 is 1.39 bits per heavy atom. The SMILES string of the molecule is CCCC=CCC=CCC=CC/C=C\CCCCCC(=O)O.CCCCCCCCCC=CC=CC=CC=CC=CC(=O)O. The molecule has 4 heteroatoms. The van der Waals surface area contributed by atoms with Crippen molar-refractivity contribution in [3.8, 4) is 0 Å². The summed E-state index contributed by atoms with van der Waals surface area (Å²) in [6, 6.07) is 0. The molecule has 4 nitrogen and oxygen atoms in total. The van der Waals surface area contributed by atoms with Crippen molar-refractivity contribution in [2.45, 2.75) is 129 Å². The third kappa shape index (κ3) is 45.6. The second kappa shape index (κ2) is 39.6. The van der Waals surface area contributed by atoms with E-state index in [2.05, 4.69) is 74.6 Å². The van der Waals surface area contributed by atoms with E-state index in [0.29, 0.717) is 6.42 Å². The molecule has 0 aliphatic rings. The van der Waals surface area contributed by atoms with E-state index in [1.807, 2.05) is 24.3 Å².